The first-order valence-electron chi connectivity index (χ1n) is 10.6. The number of likely N-dealkylation sites (tertiary alicyclic amines) is 1. The van der Waals surface area contributed by atoms with Crippen LogP contribution < -0.4 is 0 Å². The Morgan fingerprint density at radius 3 is 2.69 bits per heavy atom. The van der Waals surface area contributed by atoms with Gasteiger partial charge in [0.05, 0.1) is 0 Å². The molecule has 1 saturated heterocycles. The number of aromatic carboxylic acids is 1. The number of carbonyl (C=O) groups is 2. The molecule has 2 aliphatic carbocycles. The molecule has 1 aromatic heterocycles. The summed E-state index contributed by atoms with van der Waals surface area (Å²) >= 11 is 0. The molecular formula is C23H27N3O3. The molecule has 1 aliphatic heterocycles. The van der Waals surface area contributed by atoms with Gasteiger partial charge in [-0.15, -0.1) is 0 Å². The van der Waals surface area contributed by atoms with E-state index in [9.17, 15) is 14.7 Å². The SMILES string of the molecule is Cc1cccc(C2CCN(C(=O)Cn3nc(C(=O)O)c4c3CC3CC43)CC2)c1C. The van der Waals surface area contributed by atoms with Crippen LogP contribution in [0.3, 0.4) is 0 Å². The van der Waals surface area contributed by atoms with Crippen molar-refractivity contribution in [1.82, 2.24) is 14.7 Å². The minimum absolute atomic E-state index is 0.0484. The van der Waals surface area contributed by atoms with Gasteiger partial charge in [-0.2, -0.15) is 5.10 Å². The lowest BCUT2D eigenvalue weighted by molar-refractivity contribution is -0.133. The molecule has 3 aliphatic rings. The van der Waals surface area contributed by atoms with E-state index in [1.54, 1.807) is 4.68 Å². The summed E-state index contributed by atoms with van der Waals surface area (Å²) < 4.78 is 1.67. The maximum atomic E-state index is 12.9. The van der Waals surface area contributed by atoms with Crippen molar-refractivity contribution in [3.05, 3.63) is 51.8 Å². The lowest BCUT2D eigenvalue weighted by Crippen LogP contribution is -2.40. The Balaban J connectivity index is 1.27. The molecule has 1 aromatic carbocycles. The molecule has 5 rings (SSSR count). The maximum absolute atomic E-state index is 12.9. The summed E-state index contributed by atoms with van der Waals surface area (Å²) in [5, 5.41) is 13.8. The molecule has 29 heavy (non-hydrogen) atoms. The normalized spacial score (nSPS) is 23.0. The lowest BCUT2D eigenvalue weighted by Gasteiger charge is -2.33. The van der Waals surface area contributed by atoms with E-state index in [1.807, 2.05) is 4.90 Å². The summed E-state index contributed by atoms with van der Waals surface area (Å²) in [7, 11) is 0. The molecule has 6 nitrogen and oxygen atoms in total. The van der Waals surface area contributed by atoms with E-state index in [1.165, 1.54) is 16.7 Å². The predicted molar refractivity (Wildman–Crippen MR) is 108 cm³/mol. The molecule has 2 atom stereocenters. The predicted octanol–water partition coefficient (Wildman–Crippen LogP) is 3.26. The highest BCUT2D eigenvalue weighted by Gasteiger charge is 2.50. The maximum Gasteiger partial charge on any atom is 0.356 e. The molecular weight excluding hydrogens is 366 g/mol. The largest absolute Gasteiger partial charge is 0.476 e. The topological polar surface area (TPSA) is 75.4 Å². The Morgan fingerprint density at radius 2 is 1.97 bits per heavy atom. The number of aryl methyl sites for hydroxylation is 1. The van der Waals surface area contributed by atoms with E-state index >= 15 is 0 Å². The number of benzene rings is 1. The molecule has 2 heterocycles. The molecule has 0 radical (unpaired) electrons. The van der Waals surface area contributed by atoms with Gasteiger partial charge in [0.15, 0.2) is 5.69 Å². The first-order valence-corrected chi connectivity index (χ1v) is 10.6. The summed E-state index contributed by atoms with van der Waals surface area (Å²) in [6.07, 6.45) is 3.87. The van der Waals surface area contributed by atoms with Crippen molar-refractivity contribution in [2.75, 3.05) is 13.1 Å². The average molecular weight is 393 g/mol. The number of hydrogen-bond acceptors (Lipinski definition) is 3. The van der Waals surface area contributed by atoms with Crippen LogP contribution in [0.4, 0.5) is 0 Å². The third-order valence-electron chi connectivity index (χ3n) is 7.27. The number of piperidine rings is 1. The summed E-state index contributed by atoms with van der Waals surface area (Å²) in [5.74, 6) is 0.490. The number of carboxylic acids is 1. The van der Waals surface area contributed by atoms with E-state index in [2.05, 4.69) is 37.1 Å². The van der Waals surface area contributed by atoms with Gasteiger partial charge in [-0.1, -0.05) is 18.2 Å². The van der Waals surface area contributed by atoms with Gasteiger partial charge in [0, 0.05) is 24.3 Å². The van der Waals surface area contributed by atoms with Crippen LogP contribution in [0, 0.1) is 19.8 Å². The number of carboxylic acid groups (broad SMARTS) is 1. The highest BCUT2D eigenvalue weighted by molar-refractivity contribution is 5.88. The zero-order valence-corrected chi connectivity index (χ0v) is 17.0. The van der Waals surface area contributed by atoms with Crippen molar-refractivity contribution in [2.45, 2.75) is 57.9 Å². The quantitative estimate of drug-likeness (QED) is 0.865. The van der Waals surface area contributed by atoms with Crippen molar-refractivity contribution >= 4 is 11.9 Å². The third kappa shape index (κ3) is 3.05. The second-order valence-corrected chi connectivity index (χ2v) is 8.92. The first kappa shape index (κ1) is 18.4. The monoisotopic (exact) mass is 393 g/mol. The van der Waals surface area contributed by atoms with Crippen molar-refractivity contribution in [1.29, 1.82) is 0 Å². The van der Waals surface area contributed by atoms with Crippen molar-refractivity contribution in [3.8, 4) is 0 Å². The van der Waals surface area contributed by atoms with Gasteiger partial charge in [0.1, 0.15) is 6.54 Å². The highest BCUT2D eigenvalue weighted by atomic mass is 16.4. The Bertz CT molecular complexity index is 1000. The zero-order chi connectivity index (χ0) is 20.3. The molecule has 2 unspecified atom stereocenters. The molecule has 2 aromatic rings. The Morgan fingerprint density at radius 1 is 1.21 bits per heavy atom. The van der Waals surface area contributed by atoms with Gasteiger partial charge in [-0.25, -0.2) is 4.79 Å². The summed E-state index contributed by atoms with van der Waals surface area (Å²) in [5.41, 5.74) is 6.12. The number of carbonyl (C=O) groups excluding carboxylic acids is 1. The van der Waals surface area contributed by atoms with E-state index in [-0.39, 0.29) is 18.1 Å². The summed E-state index contributed by atoms with van der Waals surface area (Å²) in [6.45, 7) is 5.98. The van der Waals surface area contributed by atoms with Gasteiger partial charge in [-0.3, -0.25) is 9.48 Å². The highest BCUT2D eigenvalue weighted by Crippen LogP contribution is 2.57. The fraction of sp³-hybridized carbons (Fsp3) is 0.522. The van der Waals surface area contributed by atoms with Crippen molar-refractivity contribution < 1.29 is 14.7 Å². The number of aromatic nitrogens is 2. The van der Waals surface area contributed by atoms with Gasteiger partial charge in [-0.05, 0) is 74.0 Å². The molecule has 1 saturated carbocycles. The van der Waals surface area contributed by atoms with Gasteiger partial charge in [0.25, 0.3) is 0 Å². The third-order valence-corrected chi connectivity index (χ3v) is 7.27. The molecule has 6 heteroatoms. The summed E-state index contributed by atoms with van der Waals surface area (Å²) in [4.78, 5) is 26.4. The van der Waals surface area contributed by atoms with Crippen LogP contribution in [-0.2, 0) is 17.8 Å². The molecule has 1 amide bonds. The number of nitrogens with zero attached hydrogens (tertiary/aromatic N) is 3. The molecule has 1 N–H and O–H groups in total. The van der Waals surface area contributed by atoms with Crippen molar-refractivity contribution in [3.63, 3.8) is 0 Å². The second kappa shape index (κ2) is 6.71. The van der Waals surface area contributed by atoms with Gasteiger partial charge in [0.2, 0.25) is 5.91 Å². The average Bonchev–Trinajstić information content (AvgIpc) is 3.23. The number of hydrogen-bond donors (Lipinski definition) is 1. The minimum Gasteiger partial charge on any atom is -0.476 e. The Hall–Kier alpha value is -2.63. The van der Waals surface area contributed by atoms with Crippen LogP contribution in [0.5, 0.6) is 0 Å². The summed E-state index contributed by atoms with van der Waals surface area (Å²) in [6, 6.07) is 6.49. The second-order valence-electron chi connectivity index (χ2n) is 8.92. The molecule has 2 fully saturated rings. The fourth-order valence-corrected chi connectivity index (χ4v) is 5.36. The fourth-order valence-electron chi connectivity index (χ4n) is 5.36. The number of fused-ring (bicyclic) bond motifs is 3. The zero-order valence-electron chi connectivity index (χ0n) is 17.0. The number of rotatable bonds is 4. The molecule has 0 spiro atoms. The smallest absolute Gasteiger partial charge is 0.356 e. The van der Waals surface area contributed by atoms with Crippen LogP contribution in [0.1, 0.15) is 69.5 Å². The number of amides is 1. The minimum atomic E-state index is -0.977. The van der Waals surface area contributed by atoms with Gasteiger partial charge >= 0.3 is 5.97 Å². The van der Waals surface area contributed by atoms with Gasteiger partial charge < -0.3 is 10.0 Å². The van der Waals surface area contributed by atoms with E-state index in [4.69, 9.17) is 0 Å². The molecule has 0 bridgehead atoms. The van der Waals surface area contributed by atoms with Crippen LogP contribution in [-0.4, -0.2) is 44.8 Å². The Kier molecular flexibility index (Phi) is 4.26. The molecule has 152 valence electrons. The van der Waals surface area contributed by atoms with Crippen LogP contribution in [0.25, 0.3) is 0 Å². The lowest BCUT2D eigenvalue weighted by atomic mass is 9.85. The van der Waals surface area contributed by atoms with E-state index in [0.29, 0.717) is 17.8 Å². The van der Waals surface area contributed by atoms with E-state index in [0.717, 1.165) is 50.0 Å². The van der Waals surface area contributed by atoms with Crippen LogP contribution >= 0.6 is 0 Å². The van der Waals surface area contributed by atoms with Crippen LogP contribution in [0.2, 0.25) is 0 Å². The Labute approximate surface area is 170 Å². The van der Waals surface area contributed by atoms with Crippen molar-refractivity contribution in [2.24, 2.45) is 5.92 Å². The van der Waals surface area contributed by atoms with E-state index < -0.39 is 5.97 Å². The standard InChI is InChI=1S/C23H27N3O3/c1-13-4-3-5-17(14(13)2)15-6-8-25(9-7-15)20(27)12-26-19-11-16-10-18(16)21(19)22(24-26)23(28)29/h3-5,15-16,18H,6-12H2,1-2H3,(H,28,29). The van der Waals surface area contributed by atoms with Crippen LogP contribution in [0.15, 0.2) is 18.2 Å². The first-order chi connectivity index (χ1) is 13.9.